The molecule has 16 heavy (non-hydrogen) atoms. The van der Waals surface area contributed by atoms with E-state index in [2.05, 4.69) is 10.3 Å². The number of nitrogens with zero attached hydrogens (tertiary/aromatic N) is 1. The molecule has 0 atom stereocenters. The third-order valence-corrected chi connectivity index (χ3v) is 3.15. The monoisotopic (exact) mass is 240 g/mol. The third kappa shape index (κ3) is 2.36. The summed E-state index contributed by atoms with van der Waals surface area (Å²) >= 11 is 1.53. The van der Waals surface area contributed by atoms with Gasteiger partial charge in [0.1, 0.15) is 0 Å². The van der Waals surface area contributed by atoms with Crippen LogP contribution in [0.1, 0.15) is 10.6 Å². The maximum atomic E-state index is 12.9. The van der Waals surface area contributed by atoms with E-state index >= 15 is 0 Å². The van der Waals surface area contributed by atoms with Gasteiger partial charge in [-0.15, -0.1) is 11.3 Å². The van der Waals surface area contributed by atoms with Crippen molar-refractivity contribution in [2.24, 2.45) is 0 Å². The zero-order valence-electron chi connectivity index (χ0n) is 8.63. The highest BCUT2D eigenvalue weighted by atomic mass is 32.1. The lowest BCUT2D eigenvalue weighted by atomic mass is 10.3. The average molecular weight is 240 g/mol. The van der Waals surface area contributed by atoms with Gasteiger partial charge in [0.25, 0.3) is 0 Å². The summed E-state index contributed by atoms with van der Waals surface area (Å²) in [6, 6.07) is 3.76. The van der Waals surface area contributed by atoms with Crippen LogP contribution in [0.5, 0.6) is 0 Å². The molecule has 0 saturated carbocycles. The van der Waals surface area contributed by atoms with Crippen molar-refractivity contribution in [1.82, 2.24) is 4.98 Å². The summed E-state index contributed by atoms with van der Waals surface area (Å²) in [5, 5.41) is 3.02. The SMILES string of the molecule is Cc1ncsc1CNc1ccc(F)c(F)c1. The summed E-state index contributed by atoms with van der Waals surface area (Å²) in [6.07, 6.45) is 0. The number of aryl methyl sites for hydroxylation is 1. The van der Waals surface area contributed by atoms with E-state index in [1.54, 1.807) is 5.51 Å². The molecule has 0 aliphatic heterocycles. The van der Waals surface area contributed by atoms with Crippen molar-refractivity contribution >= 4 is 17.0 Å². The molecule has 2 nitrogen and oxygen atoms in total. The first-order valence-electron chi connectivity index (χ1n) is 4.74. The quantitative estimate of drug-likeness (QED) is 0.890. The Hall–Kier alpha value is -1.49. The van der Waals surface area contributed by atoms with Crippen LogP contribution >= 0.6 is 11.3 Å². The van der Waals surface area contributed by atoms with Gasteiger partial charge in [0.15, 0.2) is 11.6 Å². The molecule has 5 heteroatoms. The molecule has 0 fully saturated rings. The molecular formula is C11H10F2N2S. The topological polar surface area (TPSA) is 24.9 Å². The summed E-state index contributed by atoms with van der Waals surface area (Å²) in [7, 11) is 0. The molecule has 1 heterocycles. The van der Waals surface area contributed by atoms with E-state index < -0.39 is 11.6 Å². The number of halogens is 2. The van der Waals surface area contributed by atoms with E-state index in [9.17, 15) is 8.78 Å². The van der Waals surface area contributed by atoms with E-state index in [1.165, 1.54) is 17.4 Å². The van der Waals surface area contributed by atoms with Gasteiger partial charge >= 0.3 is 0 Å². The van der Waals surface area contributed by atoms with Crippen molar-refractivity contribution in [3.05, 3.63) is 45.9 Å². The zero-order chi connectivity index (χ0) is 11.5. The van der Waals surface area contributed by atoms with Gasteiger partial charge in [-0.1, -0.05) is 0 Å². The molecule has 0 amide bonds. The van der Waals surface area contributed by atoms with Crippen molar-refractivity contribution in [3.8, 4) is 0 Å². The van der Waals surface area contributed by atoms with Crippen LogP contribution in [0, 0.1) is 18.6 Å². The average Bonchev–Trinajstić information content (AvgIpc) is 2.66. The minimum absolute atomic E-state index is 0.562. The van der Waals surface area contributed by atoms with Crippen LogP contribution in [0.15, 0.2) is 23.7 Å². The number of anilines is 1. The van der Waals surface area contributed by atoms with E-state index in [0.717, 1.165) is 22.7 Å². The summed E-state index contributed by atoms with van der Waals surface area (Å²) < 4.78 is 25.6. The van der Waals surface area contributed by atoms with E-state index in [0.29, 0.717) is 12.2 Å². The highest BCUT2D eigenvalue weighted by molar-refractivity contribution is 7.09. The number of benzene rings is 1. The highest BCUT2D eigenvalue weighted by Gasteiger charge is 2.04. The Morgan fingerprint density at radius 2 is 2.12 bits per heavy atom. The van der Waals surface area contributed by atoms with E-state index in [1.807, 2.05) is 6.92 Å². The molecule has 0 aliphatic carbocycles. The Morgan fingerprint density at radius 3 is 2.75 bits per heavy atom. The first-order valence-corrected chi connectivity index (χ1v) is 5.62. The second kappa shape index (κ2) is 4.57. The van der Waals surface area contributed by atoms with Crippen molar-refractivity contribution < 1.29 is 8.78 Å². The number of thiazole rings is 1. The normalized spacial score (nSPS) is 10.4. The third-order valence-electron chi connectivity index (χ3n) is 2.22. The van der Waals surface area contributed by atoms with Gasteiger partial charge in [0, 0.05) is 16.6 Å². The molecule has 84 valence electrons. The van der Waals surface area contributed by atoms with E-state index in [-0.39, 0.29) is 0 Å². The molecule has 0 unspecified atom stereocenters. The van der Waals surface area contributed by atoms with Gasteiger partial charge in [-0.3, -0.25) is 0 Å². The lowest BCUT2D eigenvalue weighted by molar-refractivity contribution is 0.509. The molecule has 2 rings (SSSR count). The van der Waals surface area contributed by atoms with Crippen LogP contribution in [0.2, 0.25) is 0 Å². The number of rotatable bonds is 3. The molecule has 1 aromatic carbocycles. The zero-order valence-corrected chi connectivity index (χ0v) is 9.44. The van der Waals surface area contributed by atoms with Gasteiger partial charge in [-0.2, -0.15) is 0 Å². The maximum absolute atomic E-state index is 12.9. The van der Waals surface area contributed by atoms with Crippen molar-refractivity contribution in [1.29, 1.82) is 0 Å². The lowest BCUT2D eigenvalue weighted by Crippen LogP contribution is -2.00. The number of aromatic nitrogens is 1. The predicted molar refractivity (Wildman–Crippen MR) is 60.5 cm³/mol. The van der Waals surface area contributed by atoms with Gasteiger partial charge in [0.05, 0.1) is 17.7 Å². The van der Waals surface area contributed by atoms with Crippen molar-refractivity contribution in [2.75, 3.05) is 5.32 Å². The van der Waals surface area contributed by atoms with Gasteiger partial charge < -0.3 is 5.32 Å². The Balaban J connectivity index is 2.05. The molecular weight excluding hydrogens is 230 g/mol. The standard InChI is InChI=1S/C11H10F2N2S/c1-7-11(16-6-15-7)5-14-8-2-3-9(12)10(13)4-8/h2-4,6,14H,5H2,1H3. The largest absolute Gasteiger partial charge is 0.380 e. The van der Waals surface area contributed by atoms with Crippen LogP contribution in [0.3, 0.4) is 0 Å². The maximum Gasteiger partial charge on any atom is 0.160 e. The Morgan fingerprint density at radius 1 is 1.31 bits per heavy atom. The summed E-state index contributed by atoms with van der Waals surface area (Å²) in [5.74, 6) is -1.68. The fourth-order valence-corrected chi connectivity index (χ4v) is 2.00. The number of nitrogens with one attached hydrogen (secondary N) is 1. The molecule has 1 aromatic heterocycles. The number of hydrogen-bond acceptors (Lipinski definition) is 3. The van der Waals surface area contributed by atoms with Crippen molar-refractivity contribution in [3.63, 3.8) is 0 Å². The molecule has 1 N–H and O–H groups in total. The highest BCUT2D eigenvalue weighted by Crippen LogP contribution is 2.17. The molecule has 0 bridgehead atoms. The first kappa shape index (κ1) is 11.0. The van der Waals surface area contributed by atoms with E-state index in [4.69, 9.17) is 0 Å². The Bertz CT molecular complexity index is 496. The molecule has 0 aliphatic rings. The number of hydrogen-bond donors (Lipinski definition) is 1. The van der Waals surface area contributed by atoms with Gasteiger partial charge in [0.2, 0.25) is 0 Å². The van der Waals surface area contributed by atoms with Gasteiger partial charge in [-0.05, 0) is 19.1 Å². The van der Waals surface area contributed by atoms with Crippen LogP contribution in [-0.4, -0.2) is 4.98 Å². The summed E-state index contributed by atoms with van der Waals surface area (Å²) in [4.78, 5) is 5.19. The van der Waals surface area contributed by atoms with Crippen molar-refractivity contribution in [2.45, 2.75) is 13.5 Å². The van der Waals surface area contributed by atoms with Crippen LogP contribution < -0.4 is 5.32 Å². The molecule has 0 radical (unpaired) electrons. The lowest BCUT2D eigenvalue weighted by Gasteiger charge is -2.05. The second-order valence-corrected chi connectivity index (χ2v) is 4.28. The van der Waals surface area contributed by atoms with Crippen LogP contribution in [-0.2, 0) is 6.54 Å². The summed E-state index contributed by atoms with van der Waals surface area (Å²) in [6.45, 7) is 2.49. The fraction of sp³-hybridized carbons (Fsp3) is 0.182. The molecule has 2 aromatic rings. The smallest absolute Gasteiger partial charge is 0.160 e. The summed E-state index contributed by atoms with van der Waals surface area (Å²) in [5.41, 5.74) is 3.28. The fourth-order valence-electron chi connectivity index (χ4n) is 1.28. The van der Waals surface area contributed by atoms with Crippen LogP contribution in [0.25, 0.3) is 0 Å². The second-order valence-electron chi connectivity index (χ2n) is 3.34. The van der Waals surface area contributed by atoms with Crippen LogP contribution in [0.4, 0.5) is 14.5 Å². The molecule has 0 saturated heterocycles. The Labute approximate surface area is 96.0 Å². The predicted octanol–water partition coefficient (Wildman–Crippen LogP) is 3.34. The minimum atomic E-state index is -0.842. The minimum Gasteiger partial charge on any atom is -0.380 e. The first-order chi connectivity index (χ1) is 7.66. The Kier molecular flexibility index (Phi) is 3.14. The van der Waals surface area contributed by atoms with Gasteiger partial charge in [-0.25, -0.2) is 13.8 Å². The molecule has 0 spiro atoms.